The quantitative estimate of drug-likeness (QED) is 0.671. The van der Waals surface area contributed by atoms with Gasteiger partial charge in [0, 0.05) is 55.3 Å². The zero-order valence-electron chi connectivity index (χ0n) is 17.0. The highest BCUT2D eigenvalue weighted by Crippen LogP contribution is 2.32. The largest absolute Gasteiger partial charge is 0.375 e. The van der Waals surface area contributed by atoms with Crippen LogP contribution in [-0.2, 0) is 13.0 Å². The normalized spacial score (nSPS) is 18.3. The summed E-state index contributed by atoms with van der Waals surface area (Å²) in [5.74, 6) is 1.04. The first kappa shape index (κ1) is 19.0. The summed E-state index contributed by atoms with van der Waals surface area (Å²) in [5, 5.41) is 12.4. The Bertz CT molecular complexity index is 1060. The number of fused-ring (bicyclic) bond motifs is 2. The van der Waals surface area contributed by atoms with Crippen LogP contribution in [0.25, 0.3) is 10.8 Å². The van der Waals surface area contributed by atoms with E-state index in [2.05, 4.69) is 49.5 Å². The van der Waals surface area contributed by atoms with E-state index in [0.29, 0.717) is 0 Å². The lowest BCUT2D eigenvalue weighted by Crippen LogP contribution is -2.50. The van der Waals surface area contributed by atoms with Crippen LogP contribution >= 0.6 is 0 Å². The zero-order chi connectivity index (χ0) is 20.5. The van der Waals surface area contributed by atoms with Crippen LogP contribution in [0.5, 0.6) is 0 Å². The van der Waals surface area contributed by atoms with Gasteiger partial charge in [-0.3, -0.25) is 9.88 Å². The van der Waals surface area contributed by atoms with Gasteiger partial charge < -0.3 is 14.9 Å². The van der Waals surface area contributed by atoms with Crippen molar-refractivity contribution in [2.75, 3.05) is 42.5 Å². The van der Waals surface area contributed by atoms with Crippen molar-refractivity contribution in [2.24, 2.45) is 0 Å². The molecule has 0 radical (unpaired) electrons. The molecule has 7 nitrogen and oxygen atoms in total. The van der Waals surface area contributed by atoms with E-state index >= 15 is 0 Å². The van der Waals surface area contributed by atoms with E-state index in [9.17, 15) is 5.11 Å². The first-order valence-corrected chi connectivity index (χ1v) is 10.4. The number of aliphatic hydroxyl groups excluding tert-OH is 1. The number of aliphatic hydroxyl groups is 1. The lowest BCUT2D eigenvalue weighted by Gasteiger charge is -2.39. The molecule has 5 rings (SSSR count). The van der Waals surface area contributed by atoms with Crippen LogP contribution in [0.15, 0.2) is 55.6 Å². The topological polar surface area (TPSA) is 68.6 Å². The number of anilines is 2. The Morgan fingerprint density at radius 3 is 2.67 bits per heavy atom. The van der Waals surface area contributed by atoms with E-state index < -0.39 is 6.23 Å². The SMILES string of the molecule is C=CC(O)N1CCN(c2ncnc3c2CCN(c2cncc4ccccc24)C3)CC1. The summed E-state index contributed by atoms with van der Waals surface area (Å²) in [6, 6.07) is 8.39. The number of piperazine rings is 1. The van der Waals surface area contributed by atoms with E-state index in [-0.39, 0.29) is 0 Å². The molecule has 1 unspecified atom stereocenters. The Balaban J connectivity index is 1.38. The molecule has 2 aliphatic heterocycles. The third-order valence-corrected chi connectivity index (χ3v) is 6.17. The van der Waals surface area contributed by atoms with Gasteiger partial charge in [0.2, 0.25) is 0 Å². The number of benzene rings is 1. The molecule has 1 N–H and O–H groups in total. The first-order valence-electron chi connectivity index (χ1n) is 10.4. The minimum atomic E-state index is -0.575. The molecular formula is C23H26N6O. The molecule has 7 heteroatoms. The van der Waals surface area contributed by atoms with Crippen LogP contribution in [0, 0.1) is 0 Å². The van der Waals surface area contributed by atoms with Crippen molar-refractivity contribution < 1.29 is 5.11 Å². The Kier molecular flexibility index (Phi) is 5.06. The maximum atomic E-state index is 10.00. The van der Waals surface area contributed by atoms with Gasteiger partial charge >= 0.3 is 0 Å². The molecule has 1 fully saturated rings. The average molecular weight is 403 g/mol. The van der Waals surface area contributed by atoms with E-state index in [1.807, 2.05) is 23.4 Å². The monoisotopic (exact) mass is 402 g/mol. The van der Waals surface area contributed by atoms with Crippen LogP contribution in [0.1, 0.15) is 11.3 Å². The predicted octanol–water partition coefficient (Wildman–Crippen LogP) is 2.21. The molecule has 2 aromatic heterocycles. The van der Waals surface area contributed by atoms with Gasteiger partial charge in [-0.15, -0.1) is 0 Å². The summed E-state index contributed by atoms with van der Waals surface area (Å²) < 4.78 is 0. The van der Waals surface area contributed by atoms with Crippen molar-refractivity contribution >= 4 is 22.3 Å². The number of hydrogen-bond acceptors (Lipinski definition) is 7. The van der Waals surface area contributed by atoms with Gasteiger partial charge in [0.15, 0.2) is 0 Å². The first-order chi connectivity index (χ1) is 14.7. The Hall–Kier alpha value is -3.03. The number of aromatic nitrogens is 3. The molecule has 30 heavy (non-hydrogen) atoms. The standard InChI is InChI=1S/C23H26N6O/c1-2-22(30)27-9-11-28(12-10-27)23-19-7-8-29(15-20(19)25-16-26-23)21-14-24-13-17-5-3-4-6-18(17)21/h2-6,13-14,16,22,30H,1,7-12,15H2. The van der Waals surface area contributed by atoms with Gasteiger partial charge in [-0.25, -0.2) is 9.97 Å². The van der Waals surface area contributed by atoms with Gasteiger partial charge in [0.1, 0.15) is 18.4 Å². The molecule has 0 bridgehead atoms. The van der Waals surface area contributed by atoms with Gasteiger partial charge in [-0.1, -0.05) is 30.8 Å². The van der Waals surface area contributed by atoms with Crippen LogP contribution in [-0.4, -0.2) is 63.9 Å². The van der Waals surface area contributed by atoms with E-state index in [4.69, 9.17) is 0 Å². The van der Waals surface area contributed by atoms with Gasteiger partial charge in [0.25, 0.3) is 0 Å². The van der Waals surface area contributed by atoms with Crippen molar-refractivity contribution in [3.63, 3.8) is 0 Å². The summed E-state index contributed by atoms with van der Waals surface area (Å²) in [7, 11) is 0. The maximum Gasteiger partial charge on any atom is 0.135 e. The van der Waals surface area contributed by atoms with Crippen LogP contribution in [0.3, 0.4) is 0 Å². The Morgan fingerprint density at radius 1 is 1.00 bits per heavy atom. The van der Waals surface area contributed by atoms with Crippen molar-refractivity contribution in [2.45, 2.75) is 19.2 Å². The number of pyridine rings is 1. The maximum absolute atomic E-state index is 10.00. The Morgan fingerprint density at radius 2 is 1.83 bits per heavy atom. The molecule has 2 aliphatic rings. The minimum absolute atomic E-state index is 0.575. The molecule has 1 atom stereocenters. The molecule has 0 aliphatic carbocycles. The third kappa shape index (κ3) is 3.40. The van der Waals surface area contributed by atoms with E-state index in [0.717, 1.165) is 68.3 Å². The van der Waals surface area contributed by atoms with E-state index in [1.54, 1.807) is 12.4 Å². The summed E-state index contributed by atoms with van der Waals surface area (Å²) in [6.07, 6.45) is 7.47. The predicted molar refractivity (Wildman–Crippen MR) is 119 cm³/mol. The fraction of sp³-hybridized carbons (Fsp3) is 0.348. The number of hydrogen-bond donors (Lipinski definition) is 1. The molecule has 0 amide bonds. The highest BCUT2D eigenvalue weighted by molar-refractivity contribution is 5.93. The van der Waals surface area contributed by atoms with Crippen molar-refractivity contribution in [3.05, 3.63) is 66.9 Å². The minimum Gasteiger partial charge on any atom is -0.375 e. The fourth-order valence-corrected chi connectivity index (χ4v) is 4.52. The second kappa shape index (κ2) is 8.01. The number of rotatable bonds is 4. The lowest BCUT2D eigenvalue weighted by atomic mass is 10.0. The molecular weight excluding hydrogens is 376 g/mol. The molecule has 0 saturated carbocycles. The lowest BCUT2D eigenvalue weighted by molar-refractivity contribution is 0.0379. The smallest absolute Gasteiger partial charge is 0.135 e. The van der Waals surface area contributed by atoms with Crippen LogP contribution in [0.2, 0.25) is 0 Å². The molecule has 0 spiro atoms. The molecule has 1 aromatic carbocycles. The van der Waals surface area contributed by atoms with Gasteiger partial charge in [-0.2, -0.15) is 0 Å². The summed E-state index contributed by atoms with van der Waals surface area (Å²) in [5.41, 5.74) is 3.50. The molecule has 3 aromatic rings. The van der Waals surface area contributed by atoms with E-state index in [1.165, 1.54) is 10.9 Å². The summed E-state index contributed by atoms with van der Waals surface area (Å²) in [4.78, 5) is 20.4. The second-order valence-corrected chi connectivity index (χ2v) is 7.85. The highest BCUT2D eigenvalue weighted by atomic mass is 16.3. The van der Waals surface area contributed by atoms with Gasteiger partial charge in [-0.05, 0) is 12.5 Å². The summed E-state index contributed by atoms with van der Waals surface area (Å²) >= 11 is 0. The average Bonchev–Trinajstić information content (AvgIpc) is 2.82. The van der Waals surface area contributed by atoms with Crippen molar-refractivity contribution in [3.8, 4) is 0 Å². The Labute approximate surface area is 176 Å². The second-order valence-electron chi connectivity index (χ2n) is 7.85. The molecule has 1 saturated heterocycles. The molecule has 154 valence electrons. The fourth-order valence-electron chi connectivity index (χ4n) is 4.52. The van der Waals surface area contributed by atoms with Crippen molar-refractivity contribution in [1.29, 1.82) is 0 Å². The number of nitrogens with zero attached hydrogens (tertiary/aromatic N) is 6. The van der Waals surface area contributed by atoms with Crippen LogP contribution in [0.4, 0.5) is 11.5 Å². The third-order valence-electron chi connectivity index (χ3n) is 6.17. The van der Waals surface area contributed by atoms with Crippen LogP contribution < -0.4 is 9.80 Å². The zero-order valence-corrected chi connectivity index (χ0v) is 17.0. The van der Waals surface area contributed by atoms with Crippen molar-refractivity contribution in [1.82, 2.24) is 19.9 Å². The molecule has 4 heterocycles. The van der Waals surface area contributed by atoms with Gasteiger partial charge in [0.05, 0.1) is 24.1 Å². The highest BCUT2D eigenvalue weighted by Gasteiger charge is 2.27. The summed E-state index contributed by atoms with van der Waals surface area (Å²) in [6.45, 7) is 8.62.